The van der Waals surface area contributed by atoms with Gasteiger partial charge in [0.15, 0.2) is 17.5 Å². The van der Waals surface area contributed by atoms with Crippen LogP contribution in [-0.2, 0) is 0 Å². The second-order valence-corrected chi connectivity index (χ2v) is 13.2. The van der Waals surface area contributed by atoms with Crippen LogP contribution in [0.4, 0.5) is 0 Å². The van der Waals surface area contributed by atoms with Crippen LogP contribution in [0.25, 0.3) is 111 Å². The van der Waals surface area contributed by atoms with Crippen molar-refractivity contribution in [1.29, 1.82) is 0 Å². The van der Waals surface area contributed by atoms with E-state index in [0.29, 0.717) is 17.5 Å². The van der Waals surface area contributed by atoms with Gasteiger partial charge in [-0.25, -0.2) is 15.0 Å². The quantitative estimate of drug-likeness (QED) is 0.190. The predicted octanol–water partition coefficient (Wildman–Crippen LogP) is 12.4. The molecule has 0 fully saturated rings. The summed E-state index contributed by atoms with van der Waals surface area (Å²) in [5.74, 6) is 1.86. The lowest BCUT2D eigenvalue weighted by Crippen LogP contribution is -2.00. The summed E-state index contributed by atoms with van der Waals surface area (Å²) in [6, 6.07) is 57.5. The minimum absolute atomic E-state index is 0.605. The van der Waals surface area contributed by atoms with Crippen LogP contribution in [0.2, 0.25) is 0 Å². The molecule has 0 N–H and O–H groups in total. The lowest BCUT2D eigenvalue weighted by molar-refractivity contribution is 0.669. The van der Waals surface area contributed by atoms with E-state index in [9.17, 15) is 0 Å². The zero-order valence-electron chi connectivity index (χ0n) is 27.3. The van der Waals surface area contributed by atoms with Gasteiger partial charge in [-0.3, -0.25) is 0 Å². The summed E-state index contributed by atoms with van der Waals surface area (Å²) < 4.78 is 6.48. The standard InChI is InChI=1S/C47H27N3O/c1-2-11-29(12-3-1)45-48-46(33-21-20-28-10-4-5-13-30(28)24-33)50-47(49-45)38-18-9-19-42-44(38)40-26-31(22-23-41(40)51-42)34-25-32-14-8-17-37-35-15-6-7-16-36(35)39(27-34)43(32)37/h1-27H. The third-order valence-electron chi connectivity index (χ3n) is 10.2. The molecule has 0 radical (unpaired) electrons. The summed E-state index contributed by atoms with van der Waals surface area (Å²) in [5, 5.41) is 6.90. The minimum atomic E-state index is 0.605. The van der Waals surface area contributed by atoms with Gasteiger partial charge in [-0.1, -0.05) is 127 Å². The second-order valence-electron chi connectivity index (χ2n) is 13.2. The van der Waals surface area contributed by atoms with Crippen molar-refractivity contribution in [2.45, 2.75) is 0 Å². The summed E-state index contributed by atoms with van der Waals surface area (Å²) in [6.45, 7) is 0. The Morgan fingerprint density at radius 3 is 1.84 bits per heavy atom. The van der Waals surface area contributed by atoms with Crippen LogP contribution >= 0.6 is 0 Å². The van der Waals surface area contributed by atoms with E-state index < -0.39 is 0 Å². The van der Waals surface area contributed by atoms with Crippen molar-refractivity contribution < 1.29 is 4.42 Å². The SMILES string of the molecule is c1ccc(-c2nc(-c3ccc4ccccc4c3)nc(-c3cccc4oc5ccc(-c6cc7c8c(cccc8c6)-c6ccccc6-7)cc5c34)n2)cc1. The van der Waals surface area contributed by atoms with E-state index in [4.69, 9.17) is 19.4 Å². The number of nitrogens with zero attached hydrogens (tertiary/aromatic N) is 3. The molecule has 1 aliphatic rings. The zero-order valence-corrected chi connectivity index (χ0v) is 27.3. The van der Waals surface area contributed by atoms with Gasteiger partial charge in [0.1, 0.15) is 11.2 Å². The van der Waals surface area contributed by atoms with E-state index in [2.05, 4.69) is 121 Å². The zero-order chi connectivity index (χ0) is 33.5. The Labute approximate surface area is 293 Å². The van der Waals surface area contributed by atoms with Gasteiger partial charge in [-0.2, -0.15) is 0 Å². The molecular formula is C47H27N3O. The first-order valence-electron chi connectivity index (χ1n) is 17.2. The summed E-state index contributed by atoms with van der Waals surface area (Å²) >= 11 is 0. The third-order valence-corrected chi connectivity index (χ3v) is 10.2. The molecule has 4 heteroatoms. The van der Waals surface area contributed by atoms with Crippen molar-refractivity contribution in [3.63, 3.8) is 0 Å². The molecule has 0 aliphatic heterocycles. The minimum Gasteiger partial charge on any atom is -0.456 e. The van der Waals surface area contributed by atoms with Crippen LogP contribution in [0.5, 0.6) is 0 Å². The van der Waals surface area contributed by atoms with E-state index in [1.165, 1.54) is 44.0 Å². The number of hydrogen-bond donors (Lipinski definition) is 0. The highest BCUT2D eigenvalue weighted by molar-refractivity contribution is 6.17. The topological polar surface area (TPSA) is 51.8 Å². The Bertz CT molecular complexity index is 3030. The maximum absolute atomic E-state index is 6.48. The molecule has 10 aromatic rings. The second kappa shape index (κ2) is 10.8. The highest BCUT2D eigenvalue weighted by Gasteiger charge is 2.23. The van der Waals surface area contributed by atoms with Gasteiger partial charge in [-0.15, -0.1) is 0 Å². The molecule has 0 saturated heterocycles. The largest absolute Gasteiger partial charge is 0.456 e. The highest BCUT2D eigenvalue weighted by Crippen LogP contribution is 2.49. The van der Waals surface area contributed by atoms with E-state index in [-0.39, 0.29) is 0 Å². The molecule has 0 spiro atoms. The molecule has 51 heavy (non-hydrogen) atoms. The summed E-state index contributed by atoms with van der Waals surface area (Å²) in [4.78, 5) is 15.2. The first-order valence-corrected chi connectivity index (χ1v) is 17.2. The maximum atomic E-state index is 6.48. The van der Waals surface area contributed by atoms with Gasteiger partial charge in [0.2, 0.25) is 0 Å². The van der Waals surface area contributed by atoms with Crippen LogP contribution in [0, 0.1) is 0 Å². The molecule has 1 aliphatic carbocycles. The van der Waals surface area contributed by atoms with E-state index >= 15 is 0 Å². The lowest BCUT2D eigenvalue weighted by atomic mass is 9.95. The number of fused-ring (bicyclic) bond motifs is 7. The molecule has 2 heterocycles. The first-order chi connectivity index (χ1) is 25.2. The molecule has 4 nitrogen and oxygen atoms in total. The smallest absolute Gasteiger partial charge is 0.164 e. The van der Waals surface area contributed by atoms with Crippen molar-refractivity contribution >= 4 is 43.5 Å². The van der Waals surface area contributed by atoms with Crippen LogP contribution in [0.3, 0.4) is 0 Å². The summed E-state index contributed by atoms with van der Waals surface area (Å²) in [5.41, 5.74) is 11.9. The molecular weight excluding hydrogens is 623 g/mol. The van der Waals surface area contributed by atoms with Crippen molar-refractivity contribution in [3.8, 4) is 67.5 Å². The van der Waals surface area contributed by atoms with Crippen molar-refractivity contribution in [3.05, 3.63) is 164 Å². The Kier molecular flexibility index (Phi) is 5.92. The fourth-order valence-corrected chi connectivity index (χ4v) is 7.85. The van der Waals surface area contributed by atoms with E-state index in [0.717, 1.165) is 49.6 Å². The number of aromatic nitrogens is 3. The van der Waals surface area contributed by atoms with Crippen LogP contribution in [-0.4, -0.2) is 15.0 Å². The average molecular weight is 650 g/mol. The molecule has 11 rings (SSSR count). The van der Waals surface area contributed by atoms with Gasteiger partial charge in [-0.05, 0) is 91.3 Å². The molecule has 0 saturated carbocycles. The average Bonchev–Trinajstić information content (AvgIpc) is 3.74. The Morgan fingerprint density at radius 2 is 0.961 bits per heavy atom. The molecule has 236 valence electrons. The van der Waals surface area contributed by atoms with Crippen molar-refractivity contribution in [1.82, 2.24) is 15.0 Å². The van der Waals surface area contributed by atoms with Crippen molar-refractivity contribution in [2.24, 2.45) is 0 Å². The van der Waals surface area contributed by atoms with E-state index in [1.807, 2.05) is 42.5 Å². The number of rotatable bonds is 4. The number of furan rings is 1. The predicted molar refractivity (Wildman–Crippen MR) is 208 cm³/mol. The molecule has 0 unspecified atom stereocenters. The number of hydrogen-bond acceptors (Lipinski definition) is 4. The molecule has 0 amide bonds. The third kappa shape index (κ3) is 4.37. The summed E-state index contributed by atoms with van der Waals surface area (Å²) in [7, 11) is 0. The Hall–Kier alpha value is -6.91. The molecule has 0 atom stereocenters. The van der Waals surface area contributed by atoms with Crippen LogP contribution in [0.1, 0.15) is 0 Å². The molecule has 0 bridgehead atoms. The van der Waals surface area contributed by atoms with Crippen LogP contribution in [0.15, 0.2) is 168 Å². The summed E-state index contributed by atoms with van der Waals surface area (Å²) in [6.07, 6.45) is 0. The first kappa shape index (κ1) is 28.0. The van der Waals surface area contributed by atoms with Crippen molar-refractivity contribution in [2.75, 3.05) is 0 Å². The lowest BCUT2D eigenvalue weighted by Gasteiger charge is -2.10. The number of benzene rings is 8. The normalized spacial score (nSPS) is 11.9. The van der Waals surface area contributed by atoms with Gasteiger partial charge in [0.25, 0.3) is 0 Å². The Balaban J connectivity index is 1.12. The fraction of sp³-hybridized carbons (Fsp3) is 0. The van der Waals surface area contributed by atoms with Gasteiger partial charge >= 0.3 is 0 Å². The highest BCUT2D eigenvalue weighted by atomic mass is 16.3. The fourth-order valence-electron chi connectivity index (χ4n) is 7.85. The molecule has 2 aromatic heterocycles. The van der Waals surface area contributed by atoms with Gasteiger partial charge < -0.3 is 4.42 Å². The van der Waals surface area contributed by atoms with Crippen LogP contribution < -0.4 is 0 Å². The van der Waals surface area contributed by atoms with E-state index in [1.54, 1.807) is 0 Å². The monoisotopic (exact) mass is 649 g/mol. The molecule has 8 aromatic carbocycles. The maximum Gasteiger partial charge on any atom is 0.164 e. The van der Waals surface area contributed by atoms with Gasteiger partial charge in [0, 0.05) is 27.5 Å². The van der Waals surface area contributed by atoms with Gasteiger partial charge in [0.05, 0.1) is 0 Å². The Morgan fingerprint density at radius 1 is 0.314 bits per heavy atom.